The average Bonchev–Trinajstić information content (AvgIpc) is 2.55. The third-order valence-electron chi connectivity index (χ3n) is 2.62. The van der Waals surface area contributed by atoms with E-state index in [1.54, 1.807) is 0 Å². The van der Waals surface area contributed by atoms with E-state index in [4.69, 9.17) is 9.11 Å². The number of rotatable bonds is 4. The fraction of sp³-hybridized carbons (Fsp3) is 0. The summed E-state index contributed by atoms with van der Waals surface area (Å²) in [5.74, 6) is 0. The van der Waals surface area contributed by atoms with Gasteiger partial charge in [0.15, 0.2) is 0 Å². The van der Waals surface area contributed by atoms with Gasteiger partial charge in [-0.25, -0.2) is 16.8 Å². The summed E-state index contributed by atoms with van der Waals surface area (Å²) in [6, 6.07) is 12.8. The molecule has 145 valence electrons. The molecule has 0 aliphatic carbocycles. The summed E-state index contributed by atoms with van der Waals surface area (Å²) < 4.78 is 103. The number of hydrogen-bond donors (Lipinski definition) is 2. The van der Waals surface area contributed by atoms with Crippen LogP contribution < -0.4 is 0 Å². The molecule has 0 amide bonds. The van der Waals surface area contributed by atoms with Gasteiger partial charge in [0.2, 0.25) is 0 Å². The average molecular weight is 484 g/mol. The SMILES string of the molecule is O=S(=O)(O)S(=O)(=O)c1ccccc1.O=S(=O)(O)S(=O)(=O)c1ccccc1.[K]. The van der Waals surface area contributed by atoms with Gasteiger partial charge >= 0.3 is 36.0 Å². The first-order valence-electron chi connectivity index (χ1n) is 6.26. The maximum atomic E-state index is 11.0. The smallest absolute Gasteiger partial charge is 0.273 e. The van der Waals surface area contributed by atoms with Crippen molar-refractivity contribution in [3.63, 3.8) is 0 Å². The van der Waals surface area contributed by atoms with Crippen LogP contribution in [0.4, 0.5) is 0 Å². The normalized spacial score (nSPS) is 12.2. The Balaban J connectivity index is 0.000000483. The second-order valence-corrected chi connectivity index (χ2v) is 14.0. The van der Waals surface area contributed by atoms with Crippen molar-refractivity contribution in [3.05, 3.63) is 60.7 Å². The van der Waals surface area contributed by atoms with Crippen molar-refractivity contribution in [1.82, 2.24) is 0 Å². The van der Waals surface area contributed by atoms with E-state index < -0.39 is 45.8 Å². The molecule has 0 aliphatic rings. The molecule has 0 aliphatic heterocycles. The van der Waals surface area contributed by atoms with Gasteiger partial charge in [0.25, 0.3) is 0 Å². The largest absolute Gasteiger partial charge is 0.377 e. The molecule has 0 unspecified atom stereocenters. The molecule has 1 radical (unpaired) electrons. The molecule has 0 saturated carbocycles. The predicted octanol–water partition coefficient (Wildman–Crippen LogP) is 0.145. The molecule has 0 atom stereocenters. The van der Waals surface area contributed by atoms with E-state index in [2.05, 4.69) is 0 Å². The molecule has 2 N–H and O–H groups in total. The summed E-state index contributed by atoms with van der Waals surface area (Å²) in [4.78, 5) is -0.894. The van der Waals surface area contributed by atoms with E-state index in [0.717, 1.165) is 24.3 Å². The monoisotopic (exact) mass is 483 g/mol. The molecule has 2 aromatic rings. The van der Waals surface area contributed by atoms with Gasteiger partial charge in [0.1, 0.15) is 0 Å². The maximum Gasteiger partial charge on any atom is 0.377 e. The van der Waals surface area contributed by atoms with Gasteiger partial charge in [-0.2, -0.15) is 16.8 Å². The zero-order valence-corrected chi connectivity index (χ0v) is 20.0. The van der Waals surface area contributed by atoms with Gasteiger partial charge < -0.3 is 0 Å². The van der Waals surface area contributed by atoms with Gasteiger partial charge in [-0.15, -0.1) is 0 Å². The zero-order chi connectivity index (χ0) is 20.2. The van der Waals surface area contributed by atoms with E-state index in [0.29, 0.717) is 0 Å². The van der Waals surface area contributed by atoms with Gasteiger partial charge in [-0.3, -0.25) is 9.11 Å². The molecule has 0 bridgehead atoms. The van der Waals surface area contributed by atoms with Crippen LogP contribution in [-0.4, -0.2) is 94.2 Å². The van der Waals surface area contributed by atoms with Crippen molar-refractivity contribution in [1.29, 1.82) is 0 Å². The van der Waals surface area contributed by atoms with Gasteiger partial charge in [0, 0.05) is 51.4 Å². The van der Waals surface area contributed by atoms with E-state index in [1.807, 2.05) is 0 Å². The minimum absolute atomic E-state index is 0. The summed E-state index contributed by atoms with van der Waals surface area (Å²) in [6.45, 7) is 0. The minimum Gasteiger partial charge on any atom is -0.273 e. The number of benzene rings is 2. The summed E-state index contributed by atoms with van der Waals surface area (Å²) in [7, 11) is -19.5. The van der Waals surface area contributed by atoms with Crippen molar-refractivity contribution in [2.75, 3.05) is 0 Å². The fourth-order valence-electron chi connectivity index (χ4n) is 1.42. The van der Waals surface area contributed by atoms with Gasteiger partial charge in [-0.1, -0.05) is 36.4 Å². The molecular formula is C12H12KO10S4. The molecule has 0 saturated heterocycles. The number of hydrogen-bond acceptors (Lipinski definition) is 8. The molecule has 0 heterocycles. The van der Waals surface area contributed by atoms with Crippen LogP contribution in [0.2, 0.25) is 0 Å². The van der Waals surface area contributed by atoms with Crippen molar-refractivity contribution in [3.8, 4) is 0 Å². The van der Waals surface area contributed by atoms with E-state index in [9.17, 15) is 33.7 Å². The van der Waals surface area contributed by atoms with E-state index in [-0.39, 0.29) is 51.4 Å². The summed E-state index contributed by atoms with van der Waals surface area (Å²) in [5, 5.41) is 0. The molecule has 2 aromatic carbocycles. The topological polar surface area (TPSA) is 177 Å². The molecule has 0 fully saturated rings. The summed E-state index contributed by atoms with van der Waals surface area (Å²) >= 11 is 0. The first-order chi connectivity index (χ1) is 11.7. The Kier molecular flexibility index (Phi) is 9.94. The third kappa shape index (κ3) is 6.96. The van der Waals surface area contributed by atoms with E-state index in [1.165, 1.54) is 36.4 Å². The Morgan fingerprint density at radius 3 is 0.889 bits per heavy atom. The van der Waals surface area contributed by atoms with Crippen LogP contribution in [0.3, 0.4) is 0 Å². The standard InChI is InChI=1S/2C6H6O5S2.K/c2*7-12(8,13(9,10)11)6-4-2-1-3-5-6;/h2*1-5H,(H,9,10,11);. The van der Waals surface area contributed by atoms with Crippen molar-refractivity contribution >= 4 is 87.4 Å². The molecule has 15 heteroatoms. The molecule has 0 aromatic heterocycles. The van der Waals surface area contributed by atoms with Crippen molar-refractivity contribution < 1.29 is 42.8 Å². The molecule has 2 rings (SSSR count). The Morgan fingerprint density at radius 2 is 0.704 bits per heavy atom. The Morgan fingerprint density at radius 1 is 0.481 bits per heavy atom. The van der Waals surface area contributed by atoms with Crippen LogP contribution in [0.15, 0.2) is 70.5 Å². The van der Waals surface area contributed by atoms with Crippen LogP contribution in [0, 0.1) is 0 Å². The Hall–Kier alpha value is -0.204. The predicted molar refractivity (Wildman–Crippen MR) is 96.1 cm³/mol. The van der Waals surface area contributed by atoms with Crippen LogP contribution in [0.1, 0.15) is 0 Å². The van der Waals surface area contributed by atoms with Crippen molar-refractivity contribution in [2.45, 2.75) is 9.79 Å². The molecule has 0 spiro atoms. The quantitative estimate of drug-likeness (QED) is 0.345. The third-order valence-corrected chi connectivity index (χ3v) is 9.91. The van der Waals surface area contributed by atoms with Gasteiger partial charge in [0.05, 0.1) is 9.79 Å². The first kappa shape index (κ1) is 26.8. The summed E-state index contributed by atoms with van der Waals surface area (Å²) in [5.41, 5.74) is 0. The van der Waals surface area contributed by atoms with Crippen LogP contribution in [-0.2, 0) is 36.0 Å². The van der Waals surface area contributed by atoms with Crippen LogP contribution in [0.5, 0.6) is 0 Å². The maximum absolute atomic E-state index is 11.0. The zero-order valence-electron chi connectivity index (χ0n) is 13.6. The first-order valence-corrected chi connectivity index (χ1v) is 13.1. The Labute approximate surface area is 198 Å². The molecule has 10 nitrogen and oxygen atoms in total. The Bertz CT molecular complexity index is 1070. The molecule has 27 heavy (non-hydrogen) atoms. The van der Waals surface area contributed by atoms with Crippen molar-refractivity contribution in [2.24, 2.45) is 0 Å². The summed E-state index contributed by atoms with van der Waals surface area (Å²) in [6.07, 6.45) is 0. The van der Waals surface area contributed by atoms with Gasteiger partial charge in [-0.05, 0) is 24.3 Å². The minimum atomic E-state index is -5.08. The molecular weight excluding hydrogens is 471 g/mol. The fourth-order valence-corrected chi connectivity index (χ4v) is 5.01. The second kappa shape index (κ2) is 10.0. The van der Waals surface area contributed by atoms with Crippen LogP contribution >= 0.6 is 0 Å². The van der Waals surface area contributed by atoms with Crippen LogP contribution in [0.25, 0.3) is 0 Å². The second-order valence-electron chi connectivity index (χ2n) is 4.39. The van der Waals surface area contributed by atoms with E-state index >= 15 is 0 Å².